The normalized spacial score (nSPS) is 11.0. The Morgan fingerprint density at radius 3 is 2.57 bits per heavy atom. The zero-order chi connectivity index (χ0) is 15.7. The molecule has 0 spiro atoms. The first-order valence-electron chi connectivity index (χ1n) is 7.02. The van der Waals surface area contributed by atoms with Crippen LogP contribution in [0.25, 0.3) is 0 Å². The number of hydrogen-bond donors (Lipinski definition) is 2. The van der Waals surface area contributed by atoms with Crippen molar-refractivity contribution in [3.63, 3.8) is 0 Å². The van der Waals surface area contributed by atoms with Crippen molar-refractivity contribution in [1.29, 1.82) is 0 Å². The second-order valence-corrected chi connectivity index (χ2v) is 6.06. The van der Waals surface area contributed by atoms with Crippen LogP contribution in [0.15, 0.2) is 18.2 Å². The zero-order valence-corrected chi connectivity index (χ0v) is 14.0. The highest BCUT2D eigenvalue weighted by Crippen LogP contribution is 2.31. The highest BCUT2D eigenvalue weighted by atomic mass is 32.1. The van der Waals surface area contributed by atoms with Crippen molar-refractivity contribution in [3.8, 4) is 0 Å². The van der Waals surface area contributed by atoms with Crippen molar-refractivity contribution < 1.29 is 0 Å². The van der Waals surface area contributed by atoms with E-state index in [0.29, 0.717) is 10.9 Å². The fourth-order valence-corrected chi connectivity index (χ4v) is 2.80. The second kappa shape index (κ2) is 5.85. The van der Waals surface area contributed by atoms with Gasteiger partial charge in [-0.1, -0.05) is 44.3 Å². The van der Waals surface area contributed by atoms with Gasteiger partial charge in [0.1, 0.15) is 10.8 Å². The van der Waals surface area contributed by atoms with Crippen LogP contribution in [0.1, 0.15) is 42.1 Å². The van der Waals surface area contributed by atoms with Gasteiger partial charge in [0, 0.05) is 12.7 Å². The number of aryl methyl sites for hydroxylation is 3. The zero-order valence-electron chi connectivity index (χ0n) is 13.2. The molecular formula is C16H22N4S. The van der Waals surface area contributed by atoms with E-state index in [2.05, 4.69) is 49.4 Å². The number of benzene rings is 1. The van der Waals surface area contributed by atoms with Crippen molar-refractivity contribution >= 4 is 28.7 Å². The Hall–Kier alpha value is -1.88. The highest BCUT2D eigenvalue weighted by molar-refractivity contribution is 7.80. The monoisotopic (exact) mass is 302 g/mol. The van der Waals surface area contributed by atoms with Gasteiger partial charge < -0.3 is 11.1 Å². The van der Waals surface area contributed by atoms with Gasteiger partial charge in [0.2, 0.25) is 0 Å². The summed E-state index contributed by atoms with van der Waals surface area (Å²) < 4.78 is 1.79. The van der Waals surface area contributed by atoms with Gasteiger partial charge in [0.25, 0.3) is 0 Å². The number of aromatic nitrogens is 2. The van der Waals surface area contributed by atoms with Gasteiger partial charge in [-0.25, -0.2) is 0 Å². The van der Waals surface area contributed by atoms with Gasteiger partial charge in [0.05, 0.1) is 11.3 Å². The molecule has 0 unspecified atom stereocenters. The molecule has 0 atom stereocenters. The van der Waals surface area contributed by atoms with Crippen molar-refractivity contribution in [2.45, 2.75) is 33.6 Å². The molecule has 0 bridgehead atoms. The summed E-state index contributed by atoms with van der Waals surface area (Å²) in [4.78, 5) is 0.364. The van der Waals surface area contributed by atoms with Crippen LogP contribution in [0, 0.1) is 13.8 Å². The minimum absolute atomic E-state index is 0.364. The molecule has 112 valence electrons. The molecule has 1 aromatic heterocycles. The summed E-state index contributed by atoms with van der Waals surface area (Å²) >= 11 is 5.17. The summed E-state index contributed by atoms with van der Waals surface area (Å²) in [6.45, 7) is 8.38. The second-order valence-electron chi connectivity index (χ2n) is 5.62. The molecule has 1 heterocycles. The quantitative estimate of drug-likeness (QED) is 0.848. The lowest BCUT2D eigenvalue weighted by atomic mass is 9.98. The van der Waals surface area contributed by atoms with E-state index >= 15 is 0 Å². The Morgan fingerprint density at radius 1 is 1.33 bits per heavy atom. The number of nitrogens with two attached hydrogens (primary N) is 1. The number of para-hydroxylation sites is 1. The molecular weight excluding hydrogens is 280 g/mol. The lowest BCUT2D eigenvalue weighted by Crippen LogP contribution is -2.13. The number of hydrogen-bond acceptors (Lipinski definition) is 3. The van der Waals surface area contributed by atoms with Crippen LogP contribution in [0.5, 0.6) is 0 Å². The average Bonchev–Trinajstić information content (AvgIpc) is 2.66. The molecule has 0 amide bonds. The first-order valence-corrected chi connectivity index (χ1v) is 7.43. The van der Waals surface area contributed by atoms with Crippen LogP contribution in [0.4, 0.5) is 11.5 Å². The molecule has 2 aromatic rings. The SMILES string of the molecule is Cc1cccc(C(C)C)c1Nc1c(C(N)=S)c(C)nn1C. The lowest BCUT2D eigenvalue weighted by Gasteiger charge is -2.18. The summed E-state index contributed by atoms with van der Waals surface area (Å²) in [5.74, 6) is 1.27. The maximum absolute atomic E-state index is 5.86. The van der Waals surface area contributed by atoms with E-state index in [4.69, 9.17) is 18.0 Å². The van der Waals surface area contributed by atoms with Crippen LogP contribution >= 0.6 is 12.2 Å². The summed E-state index contributed by atoms with van der Waals surface area (Å²) in [5.41, 5.74) is 11.1. The Morgan fingerprint density at radius 2 is 2.00 bits per heavy atom. The number of rotatable bonds is 4. The average molecular weight is 302 g/mol. The third-order valence-corrected chi connectivity index (χ3v) is 3.84. The molecule has 0 aliphatic heterocycles. The molecule has 0 fully saturated rings. The smallest absolute Gasteiger partial charge is 0.138 e. The van der Waals surface area contributed by atoms with Gasteiger partial charge in [-0.3, -0.25) is 4.68 Å². The van der Waals surface area contributed by atoms with Crippen LogP contribution in [0.2, 0.25) is 0 Å². The standard InChI is InChI=1S/C16H22N4S/c1-9(2)12-8-6-7-10(3)14(12)18-16-13(15(17)21)11(4)19-20(16)5/h6-9,18H,1-5H3,(H2,17,21). The molecule has 0 aliphatic carbocycles. The number of nitrogens with zero attached hydrogens (tertiary/aromatic N) is 2. The van der Waals surface area contributed by atoms with Crippen LogP contribution in [0.3, 0.4) is 0 Å². The van der Waals surface area contributed by atoms with E-state index in [1.165, 1.54) is 11.1 Å². The predicted molar refractivity (Wildman–Crippen MR) is 92.4 cm³/mol. The third-order valence-electron chi connectivity index (χ3n) is 3.64. The van der Waals surface area contributed by atoms with Gasteiger partial charge >= 0.3 is 0 Å². The topological polar surface area (TPSA) is 55.9 Å². The largest absolute Gasteiger partial charge is 0.389 e. The minimum atomic E-state index is 0.364. The number of thiocarbonyl (C=S) groups is 1. The minimum Gasteiger partial charge on any atom is -0.389 e. The van der Waals surface area contributed by atoms with E-state index in [9.17, 15) is 0 Å². The molecule has 0 aliphatic rings. The first-order chi connectivity index (χ1) is 9.82. The van der Waals surface area contributed by atoms with E-state index in [1.807, 2.05) is 14.0 Å². The molecule has 4 nitrogen and oxygen atoms in total. The van der Waals surface area contributed by atoms with Gasteiger partial charge in [-0.15, -0.1) is 0 Å². The molecule has 0 saturated carbocycles. The van der Waals surface area contributed by atoms with E-state index < -0.39 is 0 Å². The summed E-state index contributed by atoms with van der Waals surface area (Å²) in [6, 6.07) is 6.32. The summed E-state index contributed by atoms with van der Waals surface area (Å²) in [6.07, 6.45) is 0. The molecule has 3 N–H and O–H groups in total. The van der Waals surface area contributed by atoms with Gasteiger partial charge in [-0.2, -0.15) is 5.10 Å². The Labute approximate surface area is 131 Å². The van der Waals surface area contributed by atoms with Crippen LogP contribution in [-0.2, 0) is 7.05 Å². The fraction of sp³-hybridized carbons (Fsp3) is 0.375. The molecule has 21 heavy (non-hydrogen) atoms. The third kappa shape index (κ3) is 2.93. The van der Waals surface area contributed by atoms with Crippen molar-refractivity contribution in [2.75, 3.05) is 5.32 Å². The maximum atomic E-state index is 5.86. The molecule has 5 heteroatoms. The molecule has 0 radical (unpaired) electrons. The van der Waals surface area contributed by atoms with Gasteiger partial charge in [-0.05, 0) is 30.9 Å². The first kappa shape index (κ1) is 15.5. The predicted octanol–water partition coefficient (Wildman–Crippen LogP) is 3.54. The number of anilines is 2. The molecule has 2 rings (SSSR count). The van der Waals surface area contributed by atoms with Gasteiger partial charge in [0.15, 0.2) is 0 Å². The highest BCUT2D eigenvalue weighted by Gasteiger charge is 2.18. The summed E-state index contributed by atoms with van der Waals surface area (Å²) in [7, 11) is 1.89. The Bertz CT molecular complexity index is 686. The maximum Gasteiger partial charge on any atom is 0.138 e. The van der Waals surface area contributed by atoms with Crippen molar-refractivity contribution in [2.24, 2.45) is 12.8 Å². The van der Waals surface area contributed by atoms with Crippen molar-refractivity contribution in [1.82, 2.24) is 9.78 Å². The Balaban J connectivity index is 2.56. The fourth-order valence-electron chi connectivity index (χ4n) is 2.56. The van der Waals surface area contributed by atoms with E-state index in [1.54, 1.807) is 4.68 Å². The molecule has 0 saturated heterocycles. The lowest BCUT2D eigenvalue weighted by molar-refractivity contribution is 0.764. The van der Waals surface area contributed by atoms with Crippen LogP contribution < -0.4 is 11.1 Å². The van der Waals surface area contributed by atoms with E-state index in [-0.39, 0.29) is 0 Å². The van der Waals surface area contributed by atoms with Crippen LogP contribution in [-0.4, -0.2) is 14.8 Å². The molecule has 1 aromatic carbocycles. The van der Waals surface area contributed by atoms with Crippen molar-refractivity contribution in [3.05, 3.63) is 40.6 Å². The summed E-state index contributed by atoms with van der Waals surface area (Å²) in [5, 5.41) is 7.91. The Kier molecular flexibility index (Phi) is 4.32. The number of nitrogens with one attached hydrogen (secondary N) is 1. The van der Waals surface area contributed by atoms with E-state index in [0.717, 1.165) is 22.8 Å².